The molecule has 0 saturated heterocycles. The van der Waals surface area contributed by atoms with E-state index in [4.69, 9.17) is 12.2 Å². The van der Waals surface area contributed by atoms with E-state index in [-0.39, 0.29) is 5.91 Å². The molecule has 1 aliphatic rings. The van der Waals surface area contributed by atoms with Crippen molar-refractivity contribution in [1.29, 1.82) is 0 Å². The van der Waals surface area contributed by atoms with Crippen LogP contribution in [0.1, 0.15) is 28.9 Å². The molecule has 124 valence electrons. The number of aryl methyl sites for hydroxylation is 2. The van der Waals surface area contributed by atoms with Crippen molar-refractivity contribution in [3.05, 3.63) is 39.5 Å². The number of hydrogen-bond donors (Lipinski definition) is 0. The van der Waals surface area contributed by atoms with E-state index in [9.17, 15) is 4.79 Å². The molecule has 0 unspecified atom stereocenters. The van der Waals surface area contributed by atoms with Crippen LogP contribution in [-0.4, -0.2) is 26.0 Å². The number of para-hydroxylation sites is 1. The minimum atomic E-state index is 0.128. The molecule has 1 aliphatic carbocycles. The molecule has 2 heterocycles. The number of nitrogens with zero attached hydrogens (tertiary/aromatic N) is 3. The van der Waals surface area contributed by atoms with Crippen molar-refractivity contribution in [2.45, 2.75) is 30.0 Å². The van der Waals surface area contributed by atoms with E-state index in [1.165, 1.54) is 46.2 Å². The summed E-state index contributed by atoms with van der Waals surface area (Å²) in [6.07, 6.45) is 4.43. The Balaban J connectivity index is 1.68. The van der Waals surface area contributed by atoms with Crippen molar-refractivity contribution in [3.8, 4) is 0 Å². The fourth-order valence-electron chi connectivity index (χ4n) is 3.35. The third-order valence-corrected chi connectivity index (χ3v) is 6.95. The van der Waals surface area contributed by atoms with Crippen LogP contribution in [0.5, 0.6) is 0 Å². The highest BCUT2D eigenvalue weighted by molar-refractivity contribution is 8.01. The van der Waals surface area contributed by atoms with Gasteiger partial charge in [-0.1, -0.05) is 41.3 Å². The van der Waals surface area contributed by atoms with Crippen LogP contribution in [0, 0.1) is 3.95 Å². The van der Waals surface area contributed by atoms with Gasteiger partial charge in [0.05, 0.1) is 11.3 Å². The van der Waals surface area contributed by atoms with Gasteiger partial charge < -0.3 is 0 Å². The summed E-state index contributed by atoms with van der Waals surface area (Å²) in [5.74, 6) is 0.510. The third-order valence-electron chi connectivity index (χ3n) is 4.42. The molecular formula is C17H17N3OS3. The quantitative estimate of drug-likeness (QED) is 0.500. The number of benzene rings is 1. The summed E-state index contributed by atoms with van der Waals surface area (Å²) in [5.41, 5.74) is 3.62. The van der Waals surface area contributed by atoms with Crippen LogP contribution in [0.15, 0.2) is 28.6 Å². The normalized spacial score (nSPS) is 14.0. The lowest BCUT2D eigenvalue weighted by Crippen LogP contribution is -2.18. The van der Waals surface area contributed by atoms with E-state index in [0.717, 1.165) is 33.1 Å². The van der Waals surface area contributed by atoms with E-state index < -0.39 is 0 Å². The lowest BCUT2D eigenvalue weighted by molar-refractivity contribution is 0.0943. The number of carbonyl (C=O) groups is 1. The fraction of sp³-hybridized carbons (Fsp3) is 0.353. The second-order valence-electron chi connectivity index (χ2n) is 5.92. The Kier molecular flexibility index (Phi) is 4.32. The van der Waals surface area contributed by atoms with Gasteiger partial charge in [-0.15, -0.1) is 0 Å². The smallest absolute Gasteiger partial charge is 0.241 e. The van der Waals surface area contributed by atoms with Gasteiger partial charge in [-0.2, -0.15) is 5.10 Å². The molecule has 3 aromatic rings. The Bertz CT molecular complexity index is 983. The van der Waals surface area contributed by atoms with Crippen LogP contribution in [0.3, 0.4) is 0 Å². The van der Waals surface area contributed by atoms with Crippen LogP contribution < -0.4 is 0 Å². The molecule has 0 aliphatic heterocycles. The molecule has 0 amide bonds. The molecule has 0 atom stereocenters. The van der Waals surface area contributed by atoms with Gasteiger partial charge in [-0.3, -0.25) is 9.36 Å². The van der Waals surface area contributed by atoms with Crippen LogP contribution in [0.4, 0.5) is 0 Å². The summed E-state index contributed by atoms with van der Waals surface area (Å²) in [7, 11) is 1.83. The van der Waals surface area contributed by atoms with Crippen molar-refractivity contribution in [2.24, 2.45) is 7.05 Å². The SMILES string of the molecule is Cn1nc(SCC(=O)n2c3c(c4ccccc42)CCCC3)sc1=S. The molecule has 1 aromatic carbocycles. The monoisotopic (exact) mass is 375 g/mol. The zero-order chi connectivity index (χ0) is 16.7. The summed E-state index contributed by atoms with van der Waals surface area (Å²) in [4.78, 5) is 12.9. The topological polar surface area (TPSA) is 39.8 Å². The minimum absolute atomic E-state index is 0.128. The van der Waals surface area contributed by atoms with Gasteiger partial charge in [-0.25, -0.2) is 4.68 Å². The molecule has 0 radical (unpaired) electrons. The van der Waals surface area contributed by atoms with E-state index in [1.807, 2.05) is 17.7 Å². The molecular weight excluding hydrogens is 358 g/mol. The van der Waals surface area contributed by atoms with Crippen molar-refractivity contribution >= 4 is 52.1 Å². The Hall–Kier alpha value is -1.44. The Labute approximate surface area is 153 Å². The highest BCUT2D eigenvalue weighted by Gasteiger charge is 2.23. The summed E-state index contributed by atoms with van der Waals surface area (Å²) in [6, 6.07) is 8.26. The molecule has 0 fully saturated rings. The van der Waals surface area contributed by atoms with Crippen LogP contribution in [0.2, 0.25) is 0 Å². The average Bonchev–Trinajstić information content (AvgIpc) is 3.10. The van der Waals surface area contributed by atoms with Crippen molar-refractivity contribution in [2.75, 3.05) is 5.75 Å². The minimum Gasteiger partial charge on any atom is -0.283 e. The molecule has 24 heavy (non-hydrogen) atoms. The maximum absolute atomic E-state index is 12.9. The molecule has 0 spiro atoms. The summed E-state index contributed by atoms with van der Waals surface area (Å²) in [5, 5.41) is 5.58. The molecule has 7 heteroatoms. The number of hydrogen-bond acceptors (Lipinski definition) is 5. The van der Waals surface area contributed by atoms with Crippen LogP contribution >= 0.6 is 35.3 Å². The lowest BCUT2D eigenvalue weighted by Gasteiger charge is -2.14. The molecule has 0 bridgehead atoms. The second-order valence-corrected chi connectivity index (χ2v) is 8.77. The number of fused-ring (bicyclic) bond motifs is 3. The molecule has 2 aromatic heterocycles. The maximum atomic E-state index is 12.9. The largest absolute Gasteiger partial charge is 0.283 e. The number of rotatable bonds is 3. The van der Waals surface area contributed by atoms with Crippen LogP contribution in [0.25, 0.3) is 10.9 Å². The Morgan fingerprint density at radius 1 is 1.33 bits per heavy atom. The van der Waals surface area contributed by atoms with E-state index in [2.05, 4.69) is 23.3 Å². The maximum Gasteiger partial charge on any atom is 0.241 e. The zero-order valence-electron chi connectivity index (χ0n) is 13.3. The van der Waals surface area contributed by atoms with Gasteiger partial charge in [-0.05, 0) is 49.5 Å². The van der Waals surface area contributed by atoms with Gasteiger partial charge in [0.25, 0.3) is 0 Å². The number of thioether (sulfide) groups is 1. The predicted molar refractivity (Wildman–Crippen MR) is 102 cm³/mol. The van der Waals surface area contributed by atoms with Crippen molar-refractivity contribution in [3.63, 3.8) is 0 Å². The second kappa shape index (κ2) is 6.46. The van der Waals surface area contributed by atoms with Crippen LogP contribution in [-0.2, 0) is 19.9 Å². The first-order chi connectivity index (χ1) is 11.6. The standard InChI is InChI=1S/C17H17N3OS3/c1-19-17(22)24-16(18-19)23-10-15(21)20-13-8-4-2-6-11(13)12-7-3-5-9-14(12)20/h2,4,6,8H,3,5,7,9-10H2,1H3. The lowest BCUT2D eigenvalue weighted by atomic mass is 9.96. The molecule has 4 nitrogen and oxygen atoms in total. The van der Waals surface area contributed by atoms with Gasteiger partial charge >= 0.3 is 0 Å². The van der Waals surface area contributed by atoms with E-state index >= 15 is 0 Å². The van der Waals surface area contributed by atoms with Gasteiger partial charge in [0.15, 0.2) is 8.29 Å². The first-order valence-corrected chi connectivity index (χ1v) is 10.2. The third kappa shape index (κ3) is 2.74. The highest BCUT2D eigenvalue weighted by Crippen LogP contribution is 2.32. The van der Waals surface area contributed by atoms with Gasteiger partial charge in [0, 0.05) is 18.1 Å². The van der Waals surface area contributed by atoms with Gasteiger partial charge in [0.2, 0.25) is 5.91 Å². The zero-order valence-corrected chi connectivity index (χ0v) is 15.8. The van der Waals surface area contributed by atoms with Crippen molar-refractivity contribution in [1.82, 2.24) is 14.3 Å². The summed E-state index contributed by atoms with van der Waals surface area (Å²) < 4.78 is 5.20. The molecule has 0 N–H and O–H groups in total. The first-order valence-electron chi connectivity index (χ1n) is 7.96. The molecule has 4 rings (SSSR count). The summed E-state index contributed by atoms with van der Waals surface area (Å²) in [6.45, 7) is 0. The van der Waals surface area contributed by atoms with E-state index in [1.54, 1.807) is 4.68 Å². The number of carbonyl (C=O) groups excluding carboxylic acids is 1. The van der Waals surface area contributed by atoms with Crippen molar-refractivity contribution < 1.29 is 4.79 Å². The number of aromatic nitrogens is 3. The van der Waals surface area contributed by atoms with E-state index in [0.29, 0.717) is 5.75 Å². The van der Waals surface area contributed by atoms with Gasteiger partial charge in [0.1, 0.15) is 0 Å². The predicted octanol–water partition coefficient (Wildman–Crippen LogP) is 4.48. The average molecular weight is 376 g/mol. The highest BCUT2D eigenvalue weighted by atomic mass is 32.2. The Morgan fingerprint density at radius 3 is 2.92 bits per heavy atom. The first kappa shape index (κ1) is 16.1. The summed E-state index contributed by atoms with van der Waals surface area (Å²) >= 11 is 8.12. The Morgan fingerprint density at radius 2 is 2.12 bits per heavy atom. The fourth-order valence-corrected chi connectivity index (χ4v) is 5.48. The molecule has 0 saturated carbocycles.